The van der Waals surface area contributed by atoms with Gasteiger partial charge in [0.1, 0.15) is 0 Å². The lowest BCUT2D eigenvalue weighted by atomic mass is 9.68. The van der Waals surface area contributed by atoms with Crippen LogP contribution in [-0.2, 0) is 0 Å². The second-order valence-electron chi connectivity index (χ2n) is 13.3. The Morgan fingerprint density at radius 2 is 1.36 bits per heavy atom. The van der Waals surface area contributed by atoms with Gasteiger partial charge in [0, 0.05) is 0 Å². The van der Waals surface area contributed by atoms with Gasteiger partial charge >= 0.3 is 0 Å². The smallest absolute Gasteiger partial charge is 0.200 e. The van der Waals surface area contributed by atoms with Crippen molar-refractivity contribution in [3.05, 3.63) is 41.5 Å². The number of halogens is 2. The van der Waals surface area contributed by atoms with Crippen LogP contribution >= 0.6 is 0 Å². The van der Waals surface area contributed by atoms with Crippen LogP contribution in [0.4, 0.5) is 8.78 Å². The summed E-state index contributed by atoms with van der Waals surface area (Å²) in [6.07, 6.45) is 29.0. The minimum absolute atomic E-state index is 0.0721. The number of unbranched alkanes of at least 4 members (excludes halogenated alkanes) is 2. The van der Waals surface area contributed by atoms with Crippen LogP contribution in [0, 0.1) is 41.2 Å². The van der Waals surface area contributed by atoms with E-state index in [1.807, 2.05) is 0 Å². The van der Waals surface area contributed by atoms with Gasteiger partial charge in [-0.15, -0.1) is 0 Å². The Bertz CT molecular complexity index is 855. The molecule has 3 fully saturated rings. The number of hydrogen-bond acceptors (Lipinski definition) is 1. The first kappa shape index (κ1) is 30.6. The van der Waals surface area contributed by atoms with E-state index in [4.69, 9.17) is 4.74 Å². The quantitative estimate of drug-likeness (QED) is 0.178. The maximum atomic E-state index is 14.9. The maximum Gasteiger partial charge on any atom is 0.200 e. The maximum absolute atomic E-state index is 14.9. The fourth-order valence-electron chi connectivity index (χ4n) is 8.06. The molecule has 0 atom stereocenters. The highest BCUT2D eigenvalue weighted by molar-refractivity contribution is 5.33. The molecule has 0 spiro atoms. The number of allylic oxidation sites excluding steroid dienone is 2. The summed E-state index contributed by atoms with van der Waals surface area (Å²) in [6.45, 7) is 4.89. The van der Waals surface area contributed by atoms with Crippen molar-refractivity contribution in [1.82, 2.24) is 0 Å². The molecule has 3 aliphatic rings. The molecule has 0 unspecified atom stereocenters. The van der Waals surface area contributed by atoms with Crippen molar-refractivity contribution >= 4 is 0 Å². The first-order valence-electron chi connectivity index (χ1n) is 16.9. The molecule has 1 aromatic carbocycles. The molecule has 0 aromatic heterocycles. The van der Waals surface area contributed by atoms with Crippen LogP contribution in [0.2, 0.25) is 0 Å². The highest BCUT2D eigenvalue weighted by atomic mass is 19.2. The molecule has 0 saturated heterocycles. The van der Waals surface area contributed by atoms with Crippen molar-refractivity contribution in [3.8, 4) is 5.75 Å². The zero-order valence-corrected chi connectivity index (χ0v) is 25.1. The first-order chi connectivity index (χ1) is 19.1. The lowest BCUT2D eigenvalue weighted by molar-refractivity contribution is 0.156. The van der Waals surface area contributed by atoms with E-state index in [0.29, 0.717) is 12.2 Å². The molecular formula is C36H56F2O. The molecule has 0 bridgehead atoms. The van der Waals surface area contributed by atoms with E-state index in [1.165, 1.54) is 89.9 Å². The molecule has 3 aliphatic carbocycles. The van der Waals surface area contributed by atoms with Crippen molar-refractivity contribution < 1.29 is 13.5 Å². The van der Waals surface area contributed by atoms with Crippen molar-refractivity contribution in [2.75, 3.05) is 6.61 Å². The van der Waals surface area contributed by atoms with Crippen LogP contribution < -0.4 is 4.74 Å². The largest absolute Gasteiger partial charge is 0.490 e. The van der Waals surface area contributed by atoms with Crippen molar-refractivity contribution in [1.29, 1.82) is 0 Å². The Kier molecular flexibility index (Phi) is 12.7. The van der Waals surface area contributed by atoms with Gasteiger partial charge in [0.15, 0.2) is 11.6 Å². The average molecular weight is 543 g/mol. The second kappa shape index (κ2) is 16.2. The molecule has 4 rings (SSSR count). The summed E-state index contributed by atoms with van der Waals surface area (Å²) in [5.41, 5.74) is 0.567. The van der Waals surface area contributed by atoms with E-state index in [2.05, 4.69) is 26.0 Å². The van der Waals surface area contributed by atoms with Crippen molar-refractivity contribution in [2.45, 2.75) is 142 Å². The van der Waals surface area contributed by atoms with Gasteiger partial charge in [-0.25, -0.2) is 4.39 Å². The Labute approximate surface area is 238 Å². The van der Waals surface area contributed by atoms with Crippen molar-refractivity contribution in [2.24, 2.45) is 29.6 Å². The van der Waals surface area contributed by atoms with E-state index in [1.54, 1.807) is 12.1 Å². The SMILES string of the molecule is CCCCCOc1ccc(C2CCC(C3CCC(CC/C=C/C4CCC(CCC)CC4)CC3)CC2)c(F)c1F. The van der Waals surface area contributed by atoms with Crippen LogP contribution in [0.25, 0.3) is 0 Å². The standard InChI is InChI=1S/C36H56F2O/c1-3-5-8-26-39-34-25-24-33(35(37)36(34)38)32-22-20-31(21-23-32)30-18-16-29(17-19-30)11-7-6-10-28-14-12-27(9-4-2)13-15-28/h6,10,24-25,27-32H,3-5,7-9,11-23,26H2,1-2H3/b10-6+. The van der Waals surface area contributed by atoms with E-state index >= 15 is 0 Å². The molecule has 1 aromatic rings. The van der Waals surface area contributed by atoms with Gasteiger partial charge in [0.25, 0.3) is 0 Å². The predicted molar refractivity (Wildman–Crippen MR) is 160 cm³/mol. The third-order valence-electron chi connectivity index (χ3n) is 10.6. The van der Waals surface area contributed by atoms with E-state index in [-0.39, 0.29) is 11.7 Å². The minimum Gasteiger partial charge on any atom is -0.490 e. The van der Waals surface area contributed by atoms with Gasteiger partial charge in [-0.1, -0.05) is 70.6 Å². The molecule has 0 aliphatic heterocycles. The van der Waals surface area contributed by atoms with Crippen molar-refractivity contribution in [3.63, 3.8) is 0 Å². The normalized spacial score (nSPS) is 30.1. The van der Waals surface area contributed by atoms with Crippen LogP contribution in [0.5, 0.6) is 5.75 Å². The Hall–Kier alpha value is -1.38. The molecule has 0 radical (unpaired) electrons. The molecule has 1 nitrogen and oxygen atoms in total. The molecule has 3 saturated carbocycles. The first-order valence-corrected chi connectivity index (χ1v) is 16.9. The predicted octanol–water partition coefficient (Wildman–Crippen LogP) is 11.6. The van der Waals surface area contributed by atoms with Crippen LogP contribution in [-0.4, -0.2) is 6.61 Å². The topological polar surface area (TPSA) is 9.23 Å². The van der Waals surface area contributed by atoms with Gasteiger partial charge in [-0.05, 0) is 131 Å². The lowest BCUT2D eigenvalue weighted by Gasteiger charge is -2.38. The zero-order chi connectivity index (χ0) is 27.5. The molecular weight excluding hydrogens is 486 g/mol. The molecule has 0 N–H and O–H groups in total. The number of benzene rings is 1. The lowest BCUT2D eigenvalue weighted by Crippen LogP contribution is -2.25. The third kappa shape index (κ3) is 9.06. The molecule has 39 heavy (non-hydrogen) atoms. The minimum atomic E-state index is -0.793. The fourth-order valence-corrected chi connectivity index (χ4v) is 8.06. The van der Waals surface area contributed by atoms with Gasteiger partial charge in [-0.2, -0.15) is 4.39 Å². The van der Waals surface area contributed by atoms with Crippen LogP contribution in [0.15, 0.2) is 24.3 Å². The highest BCUT2D eigenvalue weighted by Crippen LogP contribution is 2.45. The Morgan fingerprint density at radius 3 is 2.03 bits per heavy atom. The van der Waals surface area contributed by atoms with Gasteiger partial charge in [0.05, 0.1) is 6.61 Å². The third-order valence-corrected chi connectivity index (χ3v) is 10.6. The Balaban J connectivity index is 1.13. The van der Waals surface area contributed by atoms with Gasteiger partial charge in [0.2, 0.25) is 5.82 Å². The van der Waals surface area contributed by atoms with E-state index in [9.17, 15) is 8.78 Å². The van der Waals surface area contributed by atoms with Gasteiger partial charge < -0.3 is 4.74 Å². The van der Waals surface area contributed by atoms with Crippen LogP contribution in [0.3, 0.4) is 0 Å². The fraction of sp³-hybridized carbons (Fsp3) is 0.778. The monoisotopic (exact) mass is 542 g/mol. The number of ether oxygens (including phenoxy) is 1. The molecule has 0 amide bonds. The molecule has 0 heterocycles. The molecule has 220 valence electrons. The van der Waals surface area contributed by atoms with E-state index < -0.39 is 11.6 Å². The van der Waals surface area contributed by atoms with E-state index in [0.717, 1.165) is 61.7 Å². The zero-order valence-electron chi connectivity index (χ0n) is 25.1. The summed E-state index contributed by atoms with van der Waals surface area (Å²) in [7, 11) is 0. The summed E-state index contributed by atoms with van der Waals surface area (Å²) in [4.78, 5) is 0. The highest BCUT2D eigenvalue weighted by Gasteiger charge is 2.32. The second-order valence-corrected chi connectivity index (χ2v) is 13.3. The number of hydrogen-bond donors (Lipinski definition) is 0. The number of rotatable bonds is 13. The van der Waals surface area contributed by atoms with Gasteiger partial charge in [-0.3, -0.25) is 0 Å². The summed E-state index contributed by atoms with van der Waals surface area (Å²) < 4.78 is 35.1. The summed E-state index contributed by atoms with van der Waals surface area (Å²) in [5, 5.41) is 0. The van der Waals surface area contributed by atoms with Crippen LogP contribution in [0.1, 0.15) is 147 Å². The summed E-state index contributed by atoms with van der Waals surface area (Å²) in [5.74, 6) is 3.12. The average Bonchev–Trinajstić information content (AvgIpc) is 2.97. The molecule has 3 heteroatoms. The summed E-state index contributed by atoms with van der Waals surface area (Å²) in [6, 6.07) is 3.44. The Morgan fingerprint density at radius 1 is 0.718 bits per heavy atom. The summed E-state index contributed by atoms with van der Waals surface area (Å²) >= 11 is 0.